The monoisotopic (exact) mass is 682 g/mol. The molecule has 0 radical (unpaired) electrons. The Labute approximate surface area is 285 Å². The molecule has 0 saturated carbocycles. The summed E-state index contributed by atoms with van der Waals surface area (Å²) >= 11 is 0. The van der Waals surface area contributed by atoms with Crippen LogP contribution >= 0.6 is 0 Å². The van der Waals surface area contributed by atoms with Gasteiger partial charge in [-0.1, -0.05) is 78.4 Å². The summed E-state index contributed by atoms with van der Waals surface area (Å²) in [5, 5.41) is 23.5. The lowest BCUT2D eigenvalue weighted by Crippen LogP contribution is -2.42. The molecule has 49 heavy (non-hydrogen) atoms. The summed E-state index contributed by atoms with van der Waals surface area (Å²) in [6, 6.07) is 35.7. The molecule has 0 fully saturated rings. The SMILES string of the molecule is Cc1ccc(S(=O)(=O)O)cc1.O=C(OCc1ccccc1)N(CC1NCCc2cc(O)c(O)cc21)c1ccc(OCc2ccccc2)cc1. The highest BCUT2D eigenvalue weighted by atomic mass is 32.2. The number of hydrogen-bond donors (Lipinski definition) is 4. The molecule has 1 aliphatic rings. The van der Waals surface area contributed by atoms with Crippen molar-refractivity contribution in [2.75, 3.05) is 18.0 Å². The zero-order valence-electron chi connectivity index (χ0n) is 26.9. The van der Waals surface area contributed by atoms with Crippen molar-refractivity contribution in [2.45, 2.75) is 37.5 Å². The molecule has 4 N–H and O–H groups in total. The fraction of sp³-hybridized carbons (Fsp3) is 0.184. The topological polar surface area (TPSA) is 146 Å². The van der Waals surface area contributed by atoms with Crippen LogP contribution in [0.2, 0.25) is 0 Å². The van der Waals surface area contributed by atoms with Crippen LogP contribution < -0.4 is 15.0 Å². The molecule has 1 amide bonds. The number of anilines is 1. The molecule has 11 heteroatoms. The lowest BCUT2D eigenvalue weighted by molar-refractivity contribution is 0.146. The number of hydrogen-bond acceptors (Lipinski definition) is 8. The number of phenols is 2. The van der Waals surface area contributed by atoms with Gasteiger partial charge in [-0.15, -0.1) is 0 Å². The van der Waals surface area contributed by atoms with Gasteiger partial charge in [0.2, 0.25) is 0 Å². The van der Waals surface area contributed by atoms with Crippen molar-refractivity contribution < 1.29 is 37.5 Å². The van der Waals surface area contributed by atoms with E-state index in [4.69, 9.17) is 14.0 Å². The van der Waals surface area contributed by atoms with Crippen molar-refractivity contribution in [3.8, 4) is 17.2 Å². The quantitative estimate of drug-likeness (QED) is 0.0959. The van der Waals surface area contributed by atoms with Crippen LogP contribution in [0.4, 0.5) is 10.5 Å². The summed E-state index contributed by atoms with van der Waals surface area (Å²) in [5.41, 5.74) is 5.36. The van der Waals surface area contributed by atoms with Crippen molar-refractivity contribution in [1.29, 1.82) is 0 Å². The first-order valence-corrected chi connectivity index (χ1v) is 17.1. The van der Waals surface area contributed by atoms with E-state index in [2.05, 4.69) is 5.32 Å². The lowest BCUT2D eigenvalue weighted by Gasteiger charge is -2.32. The third kappa shape index (κ3) is 9.83. The fourth-order valence-electron chi connectivity index (χ4n) is 5.27. The Hall–Kier alpha value is -5.36. The molecule has 0 aromatic heterocycles. The van der Waals surface area contributed by atoms with Crippen LogP contribution in [0, 0.1) is 6.92 Å². The van der Waals surface area contributed by atoms with Crippen molar-refractivity contribution in [3.63, 3.8) is 0 Å². The second kappa shape index (κ2) is 16.2. The maximum absolute atomic E-state index is 13.4. The van der Waals surface area contributed by atoms with Gasteiger partial charge in [0.05, 0.1) is 10.9 Å². The van der Waals surface area contributed by atoms with Crippen LogP contribution in [0.5, 0.6) is 17.2 Å². The summed E-state index contributed by atoms with van der Waals surface area (Å²) in [4.78, 5) is 14.9. The number of nitrogens with one attached hydrogen (secondary N) is 1. The fourth-order valence-corrected chi connectivity index (χ4v) is 5.75. The van der Waals surface area contributed by atoms with Crippen LogP contribution in [0.15, 0.2) is 126 Å². The maximum atomic E-state index is 13.4. The normalized spacial score (nSPS) is 13.7. The standard InChI is InChI=1S/C31H30N2O5.C7H8O3S/c34-29-17-24-15-16-32-28(27(24)18-30(29)35)19-33(31(36)38-21-23-9-5-2-6-10-23)25-11-13-26(14-12-25)37-20-22-7-3-1-4-8-22;1-6-2-4-7(5-3-6)11(8,9)10/h1-14,17-18,28,32,34-35H,15-16,19-21H2;2-5H,1H3,(H,8,9,10). The number of aromatic hydroxyl groups is 2. The largest absolute Gasteiger partial charge is 0.504 e. The third-order valence-electron chi connectivity index (χ3n) is 7.90. The zero-order chi connectivity index (χ0) is 34.8. The van der Waals surface area contributed by atoms with E-state index in [1.165, 1.54) is 12.1 Å². The van der Waals surface area contributed by atoms with Gasteiger partial charge in [-0.3, -0.25) is 9.45 Å². The predicted octanol–water partition coefficient (Wildman–Crippen LogP) is 6.95. The Morgan fingerprint density at radius 1 is 0.816 bits per heavy atom. The molecule has 1 unspecified atom stereocenters. The number of rotatable bonds is 9. The van der Waals surface area contributed by atoms with Gasteiger partial charge in [-0.05, 0) is 90.7 Å². The van der Waals surface area contributed by atoms with Crippen LogP contribution in [0.1, 0.15) is 33.9 Å². The van der Waals surface area contributed by atoms with Crippen LogP contribution in [0.3, 0.4) is 0 Å². The van der Waals surface area contributed by atoms with E-state index in [1.807, 2.05) is 91.9 Å². The van der Waals surface area contributed by atoms with E-state index in [9.17, 15) is 23.4 Å². The molecule has 254 valence electrons. The second-order valence-corrected chi connectivity index (χ2v) is 12.9. The molecular weight excluding hydrogens is 644 g/mol. The van der Waals surface area contributed by atoms with Gasteiger partial charge in [-0.2, -0.15) is 8.42 Å². The van der Waals surface area contributed by atoms with E-state index in [-0.39, 0.29) is 35.6 Å². The highest BCUT2D eigenvalue weighted by Crippen LogP contribution is 2.35. The van der Waals surface area contributed by atoms with Crippen molar-refractivity contribution in [3.05, 3.63) is 149 Å². The summed E-state index contributed by atoms with van der Waals surface area (Å²) < 4.78 is 41.2. The summed E-state index contributed by atoms with van der Waals surface area (Å²) in [6.45, 7) is 3.39. The first-order valence-electron chi connectivity index (χ1n) is 15.6. The highest BCUT2D eigenvalue weighted by molar-refractivity contribution is 7.85. The molecule has 0 spiro atoms. The summed E-state index contributed by atoms with van der Waals surface area (Å²) in [5.74, 6) is 0.363. The van der Waals surface area contributed by atoms with E-state index >= 15 is 0 Å². The van der Waals surface area contributed by atoms with Crippen LogP contribution in [-0.2, 0) is 34.5 Å². The number of amides is 1. The van der Waals surface area contributed by atoms with E-state index in [1.54, 1.807) is 29.2 Å². The van der Waals surface area contributed by atoms with Gasteiger partial charge in [0.15, 0.2) is 11.5 Å². The predicted molar refractivity (Wildman–Crippen MR) is 186 cm³/mol. The number of carbonyl (C=O) groups is 1. The third-order valence-corrected chi connectivity index (χ3v) is 8.77. The van der Waals surface area contributed by atoms with Gasteiger partial charge < -0.3 is 25.0 Å². The highest BCUT2D eigenvalue weighted by Gasteiger charge is 2.28. The molecule has 1 aliphatic heterocycles. The minimum absolute atomic E-state index is 0.0666. The van der Waals surface area contributed by atoms with E-state index in [0.717, 1.165) is 27.8 Å². The zero-order valence-corrected chi connectivity index (χ0v) is 27.7. The van der Waals surface area contributed by atoms with Gasteiger partial charge in [0.1, 0.15) is 19.0 Å². The maximum Gasteiger partial charge on any atom is 0.414 e. The van der Waals surface area contributed by atoms with Gasteiger partial charge in [0, 0.05) is 12.2 Å². The molecule has 6 rings (SSSR count). The second-order valence-electron chi connectivity index (χ2n) is 11.5. The molecule has 0 saturated heterocycles. The van der Waals surface area contributed by atoms with E-state index in [0.29, 0.717) is 31.0 Å². The summed E-state index contributed by atoms with van der Waals surface area (Å²) in [7, 11) is -4.02. The van der Waals surface area contributed by atoms with Crippen LogP contribution in [-0.4, -0.2) is 42.4 Å². The number of nitrogens with zero attached hydrogens (tertiary/aromatic N) is 1. The number of ether oxygens (including phenoxy) is 2. The number of phenolic OH excluding ortho intramolecular Hbond substituents is 2. The molecular formula is C38H38N2O8S. The first-order chi connectivity index (χ1) is 23.6. The van der Waals surface area contributed by atoms with Gasteiger partial charge >= 0.3 is 6.09 Å². The lowest BCUT2D eigenvalue weighted by atomic mass is 9.93. The molecule has 0 aliphatic carbocycles. The van der Waals surface area contributed by atoms with Crippen molar-refractivity contribution in [1.82, 2.24) is 5.32 Å². The first kappa shape index (κ1) is 35.0. The molecule has 1 atom stereocenters. The van der Waals surface area contributed by atoms with E-state index < -0.39 is 16.2 Å². The Kier molecular flexibility index (Phi) is 11.5. The number of fused-ring (bicyclic) bond motifs is 1. The van der Waals surface area contributed by atoms with Gasteiger partial charge in [-0.25, -0.2) is 4.79 Å². The minimum atomic E-state index is -4.02. The Bertz CT molecular complexity index is 1940. The summed E-state index contributed by atoms with van der Waals surface area (Å²) in [6.07, 6.45) is 0.231. The van der Waals surface area contributed by atoms with Crippen molar-refractivity contribution in [2.24, 2.45) is 0 Å². The Morgan fingerprint density at radius 3 is 2.02 bits per heavy atom. The Balaban J connectivity index is 0.000000363. The average Bonchev–Trinajstić information content (AvgIpc) is 3.10. The van der Waals surface area contributed by atoms with Crippen molar-refractivity contribution >= 4 is 21.9 Å². The average molecular weight is 683 g/mol. The molecule has 1 heterocycles. The number of carbonyl (C=O) groups excluding carboxylic acids is 1. The number of aryl methyl sites for hydroxylation is 1. The number of benzene rings is 5. The minimum Gasteiger partial charge on any atom is -0.504 e. The van der Waals surface area contributed by atoms with Crippen LogP contribution in [0.25, 0.3) is 0 Å². The smallest absolute Gasteiger partial charge is 0.414 e. The Morgan fingerprint density at radius 2 is 1.41 bits per heavy atom. The molecule has 10 nitrogen and oxygen atoms in total. The van der Waals surface area contributed by atoms with Gasteiger partial charge in [0.25, 0.3) is 10.1 Å². The molecule has 5 aromatic carbocycles. The molecule has 5 aromatic rings. The molecule has 0 bridgehead atoms.